The minimum atomic E-state index is 0.181. The summed E-state index contributed by atoms with van der Waals surface area (Å²) in [6.45, 7) is 11.8. The third-order valence-electron chi connectivity index (χ3n) is 7.04. The van der Waals surface area contributed by atoms with Crippen LogP contribution in [0.4, 0.5) is 0 Å². The summed E-state index contributed by atoms with van der Waals surface area (Å²) in [7, 11) is 1.71. The number of benzene rings is 2. The van der Waals surface area contributed by atoms with Crippen molar-refractivity contribution in [2.75, 3.05) is 7.11 Å². The molecule has 0 heterocycles. The van der Waals surface area contributed by atoms with Gasteiger partial charge in [-0.1, -0.05) is 80.8 Å². The minimum absolute atomic E-state index is 0.181. The van der Waals surface area contributed by atoms with E-state index in [-0.39, 0.29) is 5.41 Å². The van der Waals surface area contributed by atoms with Crippen LogP contribution in [0.2, 0.25) is 0 Å². The van der Waals surface area contributed by atoms with Crippen molar-refractivity contribution in [1.82, 2.24) is 0 Å². The van der Waals surface area contributed by atoms with E-state index in [1.807, 2.05) is 12.1 Å². The average Bonchev–Trinajstić information content (AvgIpc) is 3.17. The Labute approximate surface area is 194 Å². The van der Waals surface area contributed by atoms with Crippen LogP contribution in [0.3, 0.4) is 0 Å². The lowest BCUT2D eigenvalue weighted by Crippen LogP contribution is -2.33. The van der Waals surface area contributed by atoms with Crippen LogP contribution in [0, 0.1) is 10.8 Å². The summed E-state index contributed by atoms with van der Waals surface area (Å²) in [4.78, 5) is 0. The van der Waals surface area contributed by atoms with Crippen LogP contribution in [-0.2, 0) is 0 Å². The highest BCUT2D eigenvalue weighted by molar-refractivity contribution is 5.79. The first kappa shape index (κ1) is 22.6. The molecular weight excluding hydrogens is 388 g/mol. The standard InChI is InChI=1S/C31H38O/c1-7-15-31(19-22(2)3)21-30(4,5)20-27-17-26(18-29(27)31)25-10-8-9-24(16-25)23-11-13-28(32-6)14-12-23/h8-14,16,18-19H,7,15,17,20-21H2,1-6H3. The first-order valence-corrected chi connectivity index (χ1v) is 12.1. The van der Waals surface area contributed by atoms with Crippen LogP contribution in [-0.4, -0.2) is 7.11 Å². The molecule has 168 valence electrons. The molecule has 0 saturated carbocycles. The van der Waals surface area contributed by atoms with Gasteiger partial charge in [-0.25, -0.2) is 0 Å². The lowest BCUT2D eigenvalue weighted by molar-refractivity contribution is 0.202. The second-order valence-corrected chi connectivity index (χ2v) is 10.8. The molecule has 1 heteroatoms. The fourth-order valence-corrected chi connectivity index (χ4v) is 6.19. The van der Waals surface area contributed by atoms with Crippen molar-refractivity contribution in [2.45, 2.75) is 66.7 Å². The van der Waals surface area contributed by atoms with Gasteiger partial charge in [-0.2, -0.15) is 0 Å². The first-order valence-electron chi connectivity index (χ1n) is 12.1. The second kappa shape index (κ2) is 8.77. The Morgan fingerprint density at radius 3 is 2.38 bits per heavy atom. The Morgan fingerprint density at radius 1 is 1.00 bits per heavy atom. The van der Waals surface area contributed by atoms with Gasteiger partial charge in [0.1, 0.15) is 5.75 Å². The van der Waals surface area contributed by atoms with Gasteiger partial charge in [0.2, 0.25) is 0 Å². The molecule has 2 aliphatic rings. The predicted molar refractivity (Wildman–Crippen MR) is 138 cm³/mol. The summed E-state index contributed by atoms with van der Waals surface area (Å²) in [6.07, 6.45) is 11.1. The number of ether oxygens (including phenoxy) is 1. The fraction of sp³-hybridized carbons (Fsp3) is 0.419. The summed E-state index contributed by atoms with van der Waals surface area (Å²) < 4.78 is 5.33. The van der Waals surface area contributed by atoms with E-state index in [9.17, 15) is 0 Å². The SMILES string of the molecule is CCCC1(C=C(C)C)CC(C)(C)CC2=C1C=C(c1cccc(-c3ccc(OC)cc3)c1)C2. The van der Waals surface area contributed by atoms with Gasteiger partial charge in [0.15, 0.2) is 0 Å². The highest BCUT2D eigenvalue weighted by atomic mass is 16.5. The van der Waals surface area contributed by atoms with E-state index in [2.05, 4.69) is 83.2 Å². The Balaban J connectivity index is 1.72. The zero-order valence-corrected chi connectivity index (χ0v) is 20.7. The second-order valence-electron chi connectivity index (χ2n) is 10.8. The lowest BCUT2D eigenvalue weighted by atomic mass is 9.59. The molecule has 0 aromatic heterocycles. The molecule has 0 N–H and O–H groups in total. The molecule has 0 amide bonds. The molecule has 0 radical (unpaired) electrons. The monoisotopic (exact) mass is 426 g/mol. The van der Waals surface area contributed by atoms with Gasteiger partial charge in [-0.15, -0.1) is 0 Å². The molecule has 2 aromatic rings. The first-order chi connectivity index (χ1) is 15.2. The van der Waals surface area contributed by atoms with Gasteiger partial charge in [-0.05, 0) is 91.0 Å². The van der Waals surface area contributed by atoms with E-state index in [1.54, 1.807) is 18.3 Å². The van der Waals surface area contributed by atoms with Crippen molar-refractivity contribution >= 4 is 5.57 Å². The van der Waals surface area contributed by atoms with Gasteiger partial charge in [0.25, 0.3) is 0 Å². The van der Waals surface area contributed by atoms with E-state index in [4.69, 9.17) is 4.74 Å². The predicted octanol–water partition coefficient (Wildman–Crippen LogP) is 9.02. The minimum Gasteiger partial charge on any atom is -0.497 e. The van der Waals surface area contributed by atoms with Crippen LogP contribution >= 0.6 is 0 Å². The van der Waals surface area contributed by atoms with Crippen LogP contribution in [0.15, 0.2) is 77.4 Å². The van der Waals surface area contributed by atoms with Crippen molar-refractivity contribution in [3.8, 4) is 16.9 Å². The van der Waals surface area contributed by atoms with Crippen molar-refractivity contribution in [1.29, 1.82) is 0 Å². The number of allylic oxidation sites excluding steroid dienone is 6. The lowest BCUT2D eigenvalue weighted by Gasteiger charge is -2.45. The number of methoxy groups -OCH3 is 1. The normalized spacial score (nSPS) is 21.8. The van der Waals surface area contributed by atoms with E-state index >= 15 is 0 Å². The molecule has 2 aliphatic carbocycles. The molecule has 0 saturated heterocycles. The Kier molecular flexibility index (Phi) is 6.21. The van der Waals surface area contributed by atoms with Crippen LogP contribution < -0.4 is 4.74 Å². The maximum atomic E-state index is 5.33. The highest BCUT2D eigenvalue weighted by Gasteiger charge is 2.44. The van der Waals surface area contributed by atoms with Crippen LogP contribution in [0.1, 0.15) is 72.3 Å². The van der Waals surface area contributed by atoms with Gasteiger partial charge in [0.05, 0.1) is 7.11 Å². The molecule has 0 aliphatic heterocycles. The number of hydrogen-bond acceptors (Lipinski definition) is 1. The fourth-order valence-electron chi connectivity index (χ4n) is 6.19. The third-order valence-corrected chi connectivity index (χ3v) is 7.04. The Bertz CT molecular complexity index is 1070. The molecule has 0 fully saturated rings. The average molecular weight is 427 g/mol. The largest absolute Gasteiger partial charge is 0.497 e. The van der Waals surface area contributed by atoms with Gasteiger partial charge in [0, 0.05) is 5.41 Å². The molecule has 0 bridgehead atoms. The molecule has 1 atom stereocenters. The Hall–Kier alpha value is -2.54. The smallest absolute Gasteiger partial charge is 0.118 e. The maximum absolute atomic E-state index is 5.33. The van der Waals surface area contributed by atoms with Gasteiger partial charge >= 0.3 is 0 Å². The molecule has 1 nitrogen and oxygen atoms in total. The zero-order chi connectivity index (χ0) is 22.9. The molecule has 32 heavy (non-hydrogen) atoms. The summed E-state index contributed by atoms with van der Waals surface area (Å²) in [5.41, 5.74) is 10.6. The van der Waals surface area contributed by atoms with E-state index in [1.165, 1.54) is 53.5 Å². The molecular formula is C31H38O. The van der Waals surface area contributed by atoms with Crippen LogP contribution in [0.25, 0.3) is 16.7 Å². The molecule has 4 rings (SSSR count). The number of hydrogen-bond donors (Lipinski definition) is 0. The molecule has 2 aromatic carbocycles. The van der Waals surface area contributed by atoms with Crippen molar-refractivity contribution in [3.05, 3.63) is 83.0 Å². The summed E-state index contributed by atoms with van der Waals surface area (Å²) in [6, 6.07) is 17.4. The quantitative estimate of drug-likeness (QED) is 0.419. The van der Waals surface area contributed by atoms with Gasteiger partial charge < -0.3 is 4.74 Å². The van der Waals surface area contributed by atoms with E-state index < -0.39 is 0 Å². The summed E-state index contributed by atoms with van der Waals surface area (Å²) >= 11 is 0. The van der Waals surface area contributed by atoms with E-state index in [0.29, 0.717) is 5.41 Å². The number of rotatable bonds is 6. The summed E-state index contributed by atoms with van der Waals surface area (Å²) in [5.74, 6) is 0.898. The molecule has 1 unspecified atom stereocenters. The van der Waals surface area contributed by atoms with Crippen molar-refractivity contribution in [2.24, 2.45) is 10.8 Å². The maximum Gasteiger partial charge on any atom is 0.118 e. The highest BCUT2D eigenvalue weighted by Crippen LogP contribution is 2.57. The molecule has 0 spiro atoms. The topological polar surface area (TPSA) is 9.23 Å². The van der Waals surface area contributed by atoms with Gasteiger partial charge in [-0.3, -0.25) is 0 Å². The zero-order valence-electron chi connectivity index (χ0n) is 20.7. The third kappa shape index (κ3) is 4.49. The van der Waals surface area contributed by atoms with Crippen molar-refractivity contribution in [3.63, 3.8) is 0 Å². The summed E-state index contributed by atoms with van der Waals surface area (Å²) in [5, 5.41) is 0. The van der Waals surface area contributed by atoms with Crippen LogP contribution in [0.5, 0.6) is 5.75 Å². The Morgan fingerprint density at radius 2 is 1.72 bits per heavy atom. The van der Waals surface area contributed by atoms with Crippen molar-refractivity contribution < 1.29 is 4.74 Å². The van der Waals surface area contributed by atoms with E-state index in [0.717, 1.165) is 12.2 Å².